The van der Waals surface area contributed by atoms with Crippen LogP contribution < -0.4 is 29.4 Å². The molecule has 0 heterocycles. The highest BCUT2D eigenvalue weighted by molar-refractivity contribution is 5.84. The normalized spacial score (nSPS) is 10.5. The molecule has 15 rings (SSSR count). The average Bonchev–Trinajstić information content (AvgIpc) is 0.810. The fourth-order valence-corrected chi connectivity index (χ4v) is 12.7. The van der Waals surface area contributed by atoms with Gasteiger partial charge in [0.25, 0.3) is 5.69 Å². The highest BCUT2D eigenvalue weighted by atomic mass is 16.6. The molecule has 0 fully saturated rings. The summed E-state index contributed by atoms with van der Waals surface area (Å²) in [5.41, 5.74) is 24.1. The van der Waals surface area contributed by atoms with Crippen molar-refractivity contribution in [3.8, 4) is 45.5 Å². The third kappa shape index (κ3) is 16.9. The fourth-order valence-electron chi connectivity index (χ4n) is 12.7. The van der Waals surface area contributed by atoms with Gasteiger partial charge in [-0.2, -0.15) is 10.5 Å². The summed E-state index contributed by atoms with van der Waals surface area (Å²) in [5.74, 6) is 0. The lowest BCUT2D eigenvalue weighted by atomic mass is 10.0. The lowest BCUT2D eigenvalue weighted by Gasteiger charge is -2.27. The largest absolute Gasteiger partial charge is 0.345 e. The van der Waals surface area contributed by atoms with E-state index in [9.17, 15) is 15.4 Å². The number of hydrogen-bond donors (Lipinski definition) is 0. The highest BCUT2D eigenvalue weighted by Gasteiger charge is 2.19. The number of anilines is 15. The summed E-state index contributed by atoms with van der Waals surface area (Å²) in [4.78, 5) is 23.7. The van der Waals surface area contributed by atoms with Gasteiger partial charge in [-0.15, -0.1) is 0 Å². The first kappa shape index (κ1) is 69.9. The van der Waals surface area contributed by atoms with Gasteiger partial charge in [-0.25, -0.2) is 0 Å². The molecule has 0 aromatic heterocycles. The molecular formula is C95H75N9O2. The first-order valence-corrected chi connectivity index (χ1v) is 34.8. The van der Waals surface area contributed by atoms with Crippen LogP contribution in [-0.2, 0) is 0 Å². The number of nitro benzene ring substituents is 1. The number of rotatable bonds is 19. The summed E-state index contributed by atoms with van der Waals surface area (Å²) in [5, 5.41) is 29.5. The van der Waals surface area contributed by atoms with Gasteiger partial charge < -0.3 is 29.4 Å². The number of non-ortho nitro benzene ring substituents is 1. The van der Waals surface area contributed by atoms with E-state index in [2.05, 4.69) is 291 Å². The minimum absolute atomic E-state index is 0.0742. The first-order chi connectivity index (χ1) is 52.0. The third-order valence-electron chi connectivity index (χ3n) is 18.4. The van der Waals surface area contributed by atoms with Crippen LogP contribution in [0.5, 0.6) is 0 Å². The van der Waals surface area contributed by atoms with E-state index in [-0.39, 0.29) is 10.6 Å². The van der Waals surface area contributed by atoms with E-state index >= 15 is 0 Å². The second-order valence-electron chi connectivity index (χ2n) is 25.1. The van der Waals surface area contributed by atoms with Crippen LogP contribution in [0.25, 0.3) is 33.4 Å². The molecule has 0 amide bonds. The van der Waals surface area contributed by atoms with Crippen molar-refractivity contribution in [2.24, 2.45) is 0 Å². The summed E-state index contributed by atoms with van der Waals surface area (Å²) in [7, 11) is 5.96. The summed E-state index contributed by atoms with van der Waals surface area (Å²) in [6.45, 7) is 0. The predicted octanol–water partition coefficient (Wildman–Crippen LogP) is 25.4. The van der Waals surface area contributed by atoms with Crippen LogP contribution in [0.3, 0.4) is 0 Å². The van der Waals surface area contributed by atoms with Crippen molar-refractivity contribution in [1.82, 2.24) is 0 Å². The zero-order chi connectivity index (χ0) is 73.0. The van der Waals surface area contributed by atoms with Crippen molar-refractivity contribution in [3.63, 3.8) is 0 Å². The van der Waals surface area contributed by atoms with Gasteiger partial charge in [-0.05, 0) is 228 Å². The maximum atomic E-state index is 11.2. The van der Waals surface area contributed by atoms with Gasteiger partial charge in [0.15, 0.2) is 0 Å². The smallest absolute Gasteiger partial charge is 0.271 e. The quantitative estimate of drug-likeness (QED) is 0.0573. The van der Waals surface area contributed by atoms with E-state index in [0.717, 1.165) is 85.3 Å². The van der Waals surface area contributed by atoms with Crippen LogP contribution in [0.4, 0.5) is 91.0 Å². The molecule has 0 atom stereocenters. The minimum atomic E-state index is -0.374. The van der Waals surface area contributed by atoms with Crippen LogP contribution in [0, 0.1) is 32.8 Å². The Hall–Kier alpha value is -14.5. The Kier molecular flexibility index (Phi) is 22.3. The fraction of sp³-hybridized carbons (Fsp3) is 0.0316. The van der Waals surface area contributed by atoms with Crippen LogP contribution >= 0.6 is 0 Å². The second kappa shape index (κ2) is 33.8. The molecule has 11 heteroatoms. The molecule has 0 unspecified atom stereocenters. The number of para-hydroxylation sites is 3. The van der Waals surface area contributed by atoms with Crippen molar-refractivity contribution in [3.05, 3.63) is 422 Å². The maximum Gasteiger partial charge on any atom is 0.271 e. The van der Waals surface area contributed by atoms with E-state index in [4.69, 9.17) is 5.26 Å². The Morgan fingerprint density at radius 1 is 0.226 bits per heavy atom. The summed E-state index contributed by atoms with van der Waals surface area (Å²) < 4.78 is 0. The molecule has 0 saturated carbocycles. The van der Waals surface area contributed by atoms with E-state index in [1.807, 2.05) is 153 Å². The maximum absolute atomic E-state index is 11.2. The number of nitro groups is 1. The molecular weight excluding hydrogens is 1300 g/mol. The Bertz CT molecular complexity index is 5400. The van der Waals surface area contributed by atoms with Crippen LogP contribution in [0.15, 0.2) is 400 Å². The molecule has 15 aromatic carbocycles. The molecule has 15 aromatic rings. The highest BCUT2D eigenvalue weighted by Crippen LogP contribution is 2.41. The Morgan fingerprint density at radius 3 is 0.736 bits per heavy atom. The topological polar surface area (TPSA) is 110 Å². The molecule has 0 radical (unpaired) electrons. The van der Waals surface area contributed by atoms with Crippen molar-refractivity contribution in [2.75, 3.05) is 50.5 Å². The van der Waals surface area contributed by atoms with Crippen LogP contribution in [0.2, 0.25) is 0 Å². The zero-order valence-electron chi connectivity index (χ0n) is 58.9. The van der Waals surface area contributed by atoms with Crippen molar-refractivity contribution >= 4 is 91.0 Å². The van der Waals surface area contributed by atoms with Crippen LogP contribution in [-0.4, -0.2) is 26.1 Å². The van der Waals surface area contributed by atoms with Gasteiger partial charge in [-0.1, -0.05) is 194 Å². The van der Waals surface area contributed by atoms with Crippen molar-refractivity contribution in [1.29, 1.82) is 10.5 Å². The van der Waals surface area contributed by atoms with Gasteiger partial charge in [0, 0.05) is 119 Å². The molecule has 106 heavy (non-hydrogen) atoms. The SMILES string of the molecule is CN(c1ccc(C#N)cc1)c1ccc(N(c2ccccc2)c2ccc(-c3ccccc3)cc2)cc1.CN(c1ccc(N(c2ccccc2)c2ccc(-c3ccccc3)cc2)cc1)c1cccc(C#N)c1.CN(c1ccc(N(c2ccccc2)c2ccc(-c3ccccc3)cc2)cc1)c1cccc([N+](=O)[O-])c1. The third-order valence-corrected chi connectivity index (χ3v) is 18.4. The molecule has 0 aliphatic heterocycles. The van der Waals surface area contributed by atoms with E-state index in [1.165, 1.54) is 39.4 Å². The number of nitrogens with zero attached hydrogens (tertiary/aromatic N) is 9. The Balaban J connectivity index is 0.000000141. The standard InChI is InChI=1S/2C32H25N3.C31H25N3O2/c1-34(32-14-8-9-25(23-32)24-33)28-19-21-31(22-20-28)35(29-12-6-3-7-13-29)30-17-15-27(16-18-30)26-10-4-2-5-11-26;1-34(28-16-12-25(24-33)13-17-28)29-20-22-32(23-21-29)35(30-10-6-3-7-11-30)31-18-14-27(15-19-31)26-8-4-2-5-9-26;1-32(30-13-8-14-31(23-30)34(35)36)26-19-21-29(22-20-26)33(27-11-6-3-7-12-27)28-17-15-25(16-18-28)24-9-4-2-5-10-24/h2*2-23H,1H3;2-23H,1H3. The second-order valence-corrected chi connectivity index (χ2v) is 25.1. The molecule has 0 spiro atoms. The van der Waals surface area contributed by atoms with E-state index in [0.29, 0.717) is 11.1 Å². The van der Waals surface area contributed by atoms with Crippen molar-refractivity contribution in [2.45, 2.75) is 0 Å². The lowest BCUT2D eigenvalue weighted by Crippen LogP contribution is -2.12. The van der Waals surface area contributed by atoms with Gasteiger partial charge in [-0.3, -0.25) is 10.1 Å². The number of nitriles is 2. The van der Waals surface area contributed by atoms with E-state index in [1.54, 1.807) is 12.1 Å². The molecule has 0 saturated heterocycles. The molecule has 0 N–H and O–H groups in total. The van der Waals surface area contributed by atoms with Gasteiger partial charge in [0.1, 0.15) is 0 Å². The molecule has 0 aliphatic carbocycles. The van der Waals surface area contributed by atoms with Gasteiger partial charge in [0.05, 0.1) is 28.2 Å². The van der Waals surface area contributed by atoms with Crippen molar-refractivity contribution < 1.29 is 4.92 Å². The monoisotopic (exact) mass is 1370 g/mol. The summed E-state index contributed by atoms with van der Waals surface area (Å²) >= 11 is 0. The Morgan fingerprint density at radius 2 is 0.443 bits per heavy atom. The predicted molar refractivity (Wildman–Crippen MR) is 439 cm³/mol. The molecule has 512 valence electrons. The van der Waals surface area contributed by atoms with Crippen LogP contribution in [0.1, 0.15) is 11.1 Å². The zero-order valence-corrected chi connectivity index (χ0v) is 58.9. The van der Waals surface area contributed by atoms with Gasteiger partial charge in [0.2, 0.25) is 0 Å². The summed E-state index contributed by atoms with van der Waals surface area (Å²) in [6.07, 6.45) is 0. The lowest BCUT2D eigenvalue weighted by molar-refractivity contribution is -0.384. The Labute approximate surface area is 620 Å². The summed E-state index contributed by atoms with van der Waals surface area (Å²) in [6, 6.07) is 140. The van der Waals surface area contributed by atoms with Gasteiger partial charge >= 0.3 is 0 Å². The minimum Gasteiger partial charge on any atom is -0.345 e. The van der Waals surface area contributed by atoms with E-state index < -0.39 is 0 Å². The molecule has 0 aliphatic rings. The number of hydrogen-bond acceptors (Lipinski definition) is 10. The first-order valence-electron chi connectivity index (χ1n) is 34.8. The average molecular weight is 1370 g/mol. The molecule has 0 bridgehead atoms. The molecule has 11 nitrogen and oxygen atoms in total. The number of benzene rings is 15.